The monoisotopic (exact) mass is 391 g/mol. The molecule has 0 saturated heterocycles. The Balaban J connectivity index is 1.67. The van der Waals surface area contributed by atoms with Crippen molar-refractivity contribution in [2.45, 2.75) is 19.8 Å². The number of nitro groups is 1. The van der Waals surface area contributed by atoms with E-state index in [1.54, 1.807) is 12.1 Å². The zero-order valence-corrected chi connectivity index (χ0v) is 16.0. The third-order valence-electron chi connectivity index (χ3n) is 4.68. The number of rotatable bonds is 5. The van der Waals surface area contributed by atoms with Crippen molar-refractivity contribution in [3.63, 3.8) is 0 Å². The minimum Gasteiger partial charge on any atom is -0.310 e. The second-order valence-electron chi connectivity index (χ2n) is 6.49. The molecule has 0 saturated carbocycles. The van der Waals surface area contributed by atoms with Crippen LogP contribution in [-0.4, -0.2) is 14.9 Å². The van der Waals surface area contributed by atoms with E-state index in [4.69, 9.17) is 0 Å². The Morgan fingerprint density at radius 2 is 1.75 bits per heavy atom. The molecule has 0 bridgehead atoms. The molecule has 0 fully saturated rings. The van der Waals surface area contributed by atoms with Crippen molar-refractivity contribution in [2.24, 2.45) is 0 Å². The number of H-pyrrole nitrogens is 1. The highest BCUT2D eigenvalue weighted by Crippen LogP contribution is 2.31. The van der Waals surface area contributed by atoms with E-state index in [1.165, 1.54) is 29.0 Å². The molecule has 28 heavy (non-hydrogen) atoms. The Hall–Kier alpha value is -3.32. The predicted octanol–water partition coefficient (Wildman–Crippen LogP) is 4.71. The highest BCUT2D eigenvalue weighted by atomic mass is 32.1. The largest absolute Gasteiger partial charge is 0.310 e. The van der Waals surface area contributed by atoms with Crippen LogP contribution in [0.5, 0.6) is 0 Å². The van der Waals surface area contributed by atoms with E-state index in [0.29, 0.717) is 22.5 Å². The first-order valence-corrected chi connectivity index (χ1v) is 9.76. The SMILES string of the molecule is CCc1ccc(-c2csc3nc(Cc4ccc([N+](=O)[O-])cc4)[nH]c(=O)c23)cc1. The summed E-state index contributed by atoms with van der Waals surface area (Å²) >= 11 is 1.44. The molecule has 6 nitrogen and oxygen atoms in total. The van der Waals surface area contributed by atoms with Crippen LogP contribution in [0.2, 0.25) is 0 Å². The number of nitrogens with zero attached hydrogens (tertiary/aromatic N) is 2. The van der Waals surface area contributed by atoms with E-state index >= 15 is 0 Å². The molecular formula is C21H17N3O3S. The lowest BCUT2D eigenvalue weighted by Crippen LogP contribution is -2.11. The number of hydrogen-bond donors (Lipinski definition) is 1. The zero-order chi connectivity index (χ0) is 19.7. The molecule has 2 aromatic heterocycles. The van der Waals surface area contributed by atoms with Crippen molar-refractivity contribution < 1.29 is 4.92 Å². The van der Waals surface area contributed by atoms with Crippen LogP contribution in [0.3, 0.4) is 0 Å². The Bertz CT molecular complexity index is 1210. The summed E-state index contributed by atoms with van der Waals surface area (Å²) in [6.07, 6.45) is 1.38. The standard InChI is InChI=1S/C21H17N3O3S/c1-2-13-3-7-15(8-4-13)17-12-28-21-19(17)20(25)22-18(23-21)11-14-5-9-16(10-6-14)24(26)27/h3-10,12H,2,11H2,1H3,(H,22,23,25). The minimum absolute atomic E-state index is 0.0395. The predicted molar refractivity (Wildman–Crippen MR) is 111 cm³/mol. The molecule has 1 N–H and O–H groups in total. The molecule has 4 aromatic rings. The number of benzene rings is 2. The second kappa shape index (κ2) is 7.36. The van der Waals surface area contributed by atoms with Gasteiger partial charge < -0.3 is 4.98 Å². The molecule has 2 heterocycles. The lowest BCUT2D eigenvalue weighted by molar-refractivity contribution is -0.384. The molecule has 140 valence electrons. The van der Waals surface area contributed by atoms with Gasteiger partial charge in [-0.3, -0.25) is 14.9 Å². The fourth-order valence-corrected chi connectivity index (χ4v) is 4.11. The van der Waals surface area contributed by atoms with Crippen molar-refractivity contribution in [2.75, 3.05) is 0 Å². The van der Waals surface area contributed by atoms with E-state index in [2.05, 4.69) is 29.0 Å². The number of aryl methyl sites for hydroxylation is 1. The van der Waals surface area contributed by atoms with Gasteiger partial charge in [0.1, 0.15) is 10.7 Å². The summed E-state index contributed by atoms with van der Waals surface area (Å²) in [5, 5.41) is 13.3. The molecule has 0 aliphatic carbocycles. The summed E-state index contributed by atoms with van der Waals surface area (Å²) in [5.41, 5.74) is 3.85. The number of hydrogen-bond acceptors (Lipinski definition) is 5. The highest BCUT2D eigenvalue weighted by molar-refractivity contribution is 7.17. The lowest BCUT2D eigenvalue weighted by atomic mass is 10.0. The molecule has 0 spiro atoms. The first-order chi connectivity index (χ1) is 13.5. The van der Waals surface area contributed by atoms with Gasteiger partial charge in [-0.1, -0.05) is 43.3 Å². The third kappa shape index (κ3) is 3.44. The first kappa shape index (κ1) is 18.1. The Kier molecular flexibility index (Phi) is 4.75. The Labute approximate surface area is 164 Å². The number of non-ortho nitro benzene ring substituents is 1. The van der Waals surface area contributed by atoms with Crippen LogP contribution in [0, 0.1) is 10.1 Å². The molecule has 0 unspecified atom stereocenters. The number of thiophene rings is 1. The quantitative estimate of drug-likeness (QED) is 0.394. The van der Waals surface area contributed by atoms with Gasteiger partial charge in [-0.15, -0.1) is 11.3 Å². The van der Waals surface area contributed by atoms with Crippen LogP contribution >= 0.6 is 11.3 Å². The van der Waals surface area contributed by atoms with Crippen LogP contribution < -0.4 is 5.56 Å². The smallest absolute Gasteiger partial charge is 0.269 e. The van der Waals surface area contributed by atoms with Crippen LogP contribution in [0.4, 0.5) is 5.69 Å². The van der Waals surface area contributed by atoms with E-state index in [-0.39, 0.29) is 11.2 Å². The summed E-state index contributed by atoms with van der Waals surface area (Å²) < 4.78 is 0. The van der Waals surface area contributed by atoms with Crippen LogP contribution in [0.1, 0.15) is 23.9 Å². The Morgan fingerprint density at radius 1 is 1.07 bits per heavy atom. The molecular weight excluding hydrogens is 374 g/mol. The van der Waals surface area contributed by atoms with Crippen LogP contribution in [0.15, 0.2) is 58.7 Å². The number of aromatic nitrogens is 2. The molecule has 2 aromatic carbocycles. The summed E-state index contributed by atoms with van der Waals surface area (Å²) in [4.78, 5) is 31.2. The van der Waals surface area contributed by atoms with Gasteiger partial charge in [0.2, 0.25) is 0 Å². The number of aromatic amines is 1. The van der Waals surface area contributed by atoms with Gasteiger partial charge in [-0.25, -0.2) is 4.98 Å². The fourth-order valence-electron chi connectivity index (χ4n) is 3.14. The van der Waals surface area contributed by atoms with Gasteiger partial charge in [0.15, 0.2) is 0 Å². The van der Waals surface area contributed by atoms with Gasteiger partial charge in [0.25, 0.3) is 11.2 Å². The van der Waals surface area contributed by atoms with Gasteiger partial charge in [0.05, 0.1) is 10.3 Å². The number of nitrogens with one attached hydrogen (secondary N) is 1. The summed E-state index contributed by atoms with van der Waals surface area (Å²) in [7, 11) is 0. The van der Waals surface area contributed by atoms with Gasteiger partial charge in [-0.05, 0) is 23.1 Å². The minimum atomic E-state index is -0.434. The average Bonchev–Trinajstić information content (AvgIpc) is 3.13. The maximum Gasteiger partial charge on any atom is 0.269 e. The van der Waals surface area contributed by atoms with Crippen molar-refractivity contribution in [1.82, 2.24) is 9.97 Å². The molecule has 0 aliphatic heterocycles. The molecule has 0 radical (unpaired) electrons. The van der Waals surface area contributed by atoms with E-state index in [9.17, 15) is 14.9 Å². The lowest BCUT2D eigenvalue weighted by Gasteiger charge is -2.04. The maximum atomic E-state index is 12.7. The summed E-state index contributed by atoms with van der Waals surface area (Å²) in [6.45, 7) is 2.11. The van der Waals surface area contributed by atoms with Crippen molar-refractivity contribution in [1.29, 1.82) is 0 Å². The summed E-state index contributed by atoms with van der Waals surface area (Å²) in [6, 6.07) is 14.5. The summed E-state index contributed by atoms with van der Waals surface area (Å²) in [5.74, 6) is 0.543. The highest BCUT2D eigenvalue weighted by Gasteiger charge is 2.13. The van der Waals surface area contributed by atoms with Gasteiger partial charge in [0, 0.05) is 29.5 Å². The third-order valence-corrected chi connectivity index (χ3v) is 5.56. The molecule has 0 aliphatic rings. The molecule has 7 heteroatoms. The second-order valence-corrected chi connectivity index (χ2v) is 7.35. The van der Waals surface area contributed by atoms with E-state index < -0.39 is 4.92 Å². The van der Waals surface area contributed by atoms with Crippen molar-refractivity contribution in [3.05, 3.63) is 91.3 Å². The molecule has 0 amide bonds. The topological polar surface area (TPSA) is 88.9 Å². The van der Waals surface area contributed by atoms with Crippen LogP contribution in [-0.2, 0) is 12.8 Å². The number of nitro benzene ring substituents is 1. The normalized spacial score (nSPS) is 11.0. The number of fused-ring (bicyclic) bond motifs is 1. The Morgan fingerprint density at radius 3 is 2.39 bits per heavy atom. The van der Waals surface area contributed by atoms with Crippen LogP contribution in [0.25, 0.3) is 21.3 Å². The van der Waals surface area contributed by atoms with Crippen molar-refractivity contribution in [3.8, 4) is 11.1 Å². The first-order valence-electron chi connectivity index (χ1n) is 8.88. The fraction of sp³-hybridized carbons (Fsp3) is 0.143. The maximum absolute atomic E-state index is 12.7. The van der Waals surface area contributed by atoms with E-state index in [0.717, 1.165) is 23.1 Å². The zero-order valence-electron chi connectivity index (χ0n) is 15.1. The van der Waals surface area contributed by atoms with E-state index in [1.807, 2.05) is 17.5 Å². The molecule has 0 atom stereocenters. The average molecular weight is 391 g/mol. The molecule has 4 rings (SSSR count). The van der Waals surface area contributed by atoms with Gasteiger partial charge in [-0.2, -0.15) is 0 Å². The van der Waals surface area contributed by atoms with Crippen molar-refractivity contribution >= 4 is 27.2 Å². The van der Waals surface area contributed by atoms with Gasteiger partial charge >= 0.3 is 0 Å².